The van der Waals surface area contributed by atoms with Crippen molar-refractivity contribution in [3.05, 3.63) is 101 Å². The average molecular weight is 463 g/mol. The van der Waals surface area contributed by atoms with Gasteiger partial charge >= 0.3 is 0 Å². The third-order valence-electron chi connectivity index (χ3n) is 5.45. The summed E-state index contributed by atoms with van der Waals surface area (Å²) in [7, 11) is 0. The number of carbonyl (C=O) groups excluding carboxylic acids is 2. The zero-order chi connectivity index (χ0) is 24.6. The summed E-state index contributed by atoms with van der Waals surface area (Å²) in [5, 5.41) is 11.2. The summed E-state index contributed by atoms with van der Waals surface area (Å²) in [6.07, 6.45) is -0.119. The summed E-state index contributed by atoms with van der Waals surface area (Å²) in [4.78, 5) is 27.2. The van der Waals surface area contributed by atoms with Gasteiger partial charge in [-0.3, -0.25) is 14.5 Å². The van der Waals surface area contributed by atoms with Crippen molar-refractivity contribution < 1.29 is 28.2 Å². The lowest BCUT2D eigenvalue weighted by Gasteiger charge is -2.26. The van der Waals surface area contributed by atoms with Gasteiger partial charge in [0.05, 0.1) is 23.4 Å². The number of hydrogen-bond donors (Lipinski definition) is 1. The maximum Gasteiger partial charge on any atom is 0.300 e. The van der Waals surface area contributed by atoms with Crippen LogP contribution in [0.25, 0.3) is 5.76 Å². The van der Waals surface area contributed by atoms with Crippen molar-refractivity contribution in [3.63, 3.8) is 0 Å². The van der Waals surface area contributed by atoms with Gasteiger partial charge in [0.15, 0.2) is 0 Å². The molecule has 0 aliphatic carbocycles. The molecule has 0 saturated carbocycles. The van der Waals surface area contributed by atoms with Gasteiger partial charge in [-0.1, -0.05) is 42.0 Å². The Labute approximate surface area is 195 Å². The van der Waals surface area contributed by atoms with Crippen molar-refractivity contribution in [3.8, 4) is 5.75 Å². The van der Waals surface area contributed by atoms with Crippen molar-refractivity contribution in [2.75, 3.05) is 4.90 Å². The zero-order valence-corrected chi connectivity index (χ0v) is 18.9. The van der Waals surface area contributed by atoms with Crippen molar-refractivity contribution in [1.29, 1.82) is 0 Å². The van der Waals surface area contributed by atoms with E-state index in [0.717, 1.165) is 28.7 Å². The molecule has 0 radical (unpaired) electrons. The standard InChI is InChI=1S/C27H23F2NO4/c1-15(2)34-20-9-5-8-18(13-20)25(31)23-24(17-7-4-6-16(3)12-17)30(27(33)26(23)32)22-14-19(28)10-11-21(22)29/h4-15,24,31H,1-3H3/b25-23+. The highest BCUT2D eigenvalue weighted by Crippen LogP contribution is 2.43. The molecular weight excluding hydrogens is 440 g/mol. The van der Waals surface area contributed by atoms with E-state index in [1.54, 1.807) is 42.5 Å². The van der Waals surface area contributed by atoms with E-state index in [1.165, 1.54) is 0 Å². The molecule has 1 amide bonds. The minimum absolute atomic E-state index is 0.119. The van der Waals surface area contributed by atoms with Gasteiger partial charge in [0.25, 0.3) is 11.7 Å². The molecule has 1 saturated heterocycles. The SMILES string of the molecule is Cc1cccc(C2/C(=C(\O)c3cccc(OC(C)C)c3)C(=O)C(=O)N2c2cc(F)ccc2F)c1. The van der Waals surface area contributed by atoms with Crippen LogP contribution in [-0.4, -0.2) is 22.9 Å². The van der Waals surface area contributed by atoms with Gasteiger partial charge in [-0.25, -0.2) is 8.78 Å². The van der Waals surface area contributed by atoms with Crippen molar-refractivity contribution >= 4 is 23.1 Å². The number of ether oxygens (including phenoxy) is 1. The molecule has 7 heteroatoms. The predicted molar refractivity (Wildman–Crippen MR) is 125 cm³/mol. The number of anilines is 1. The molecule has 1 aliphatic heterocycles. The molecule has 34 heavy (non-hydrogen) atoms. The molecule has 174 valence electrons. The van der Waals surface area contributed by atoms with Gasteiger partial charge in [0, 0.05) is 11.6 Å². The number of benzene rings is 3. The average Bonchev–Trinajstić information content (AvgIpc) is 3.05. The fourth-order valence-corrected chi connectivity index (χ4v) is 4.05. The van der Waals surface area contributed by atoms with Crippen molar-refractivity contribution in [2.24, 2.45) is 0 Å². The summed E-state index contributed by atoms with van der Waals surface area (Å²) in [6.45, 7) is 5.53. The first-order valence-corrected chi connectivity index (χ1v) is 10.8. The highest BCUT2D eigenvalue weighted by Gasteiger charge is 2.47. The molecule has 5 nitrogen and oxygen atoms in total. The lowest BCUT2D eigenvalue weighted by molar-refractivity contribution is -0.132. The van der Waals surface area contributed by atoms with E-state index in [0.29, 0.717) is 11.3 Å². The van der Waals surface area contributed by atoms with Crippen LogP contribution in [0.5, 0.6) is 5.75 Å². The second-order valence-electron chi connectivity index (χ2n) is 8.37. The first kappa shape index (κ1) is 23.2. The Hall–Kier alpha value is -4.00. The van der Waals surface area contributed by atoms with E-state index in [1.807, 2.05) is 26.8 Å². The Kier molecular flexibility index (Phi) is 6.20. The van der Waals surface area contributed by atoms with Gasteiger partial charge in [-0.05, 0) is 50.6 Å². The minimum Gasteiger partial charge on any atom is -0.507 e. The number of aliphatic hydroxyl groups excluding tert-OH is 1. The number of ketones is 1. The smallest absolute Gasteiger partial charge is 0.300 e. The molecule has 1 heterocycles. The number of amides is 1. The monoisotopic (exact) mass is 463 g/mol. The number of aliphatic hydroxyl groups is 1. The second-order valence-corrected chi connectivity index (χ2v) is 8.37. The number of rotatable bonds is 5. The number of hydrogen-bond acceptors (Lipinski definition) is 4. The first-order valence-electron chi connectivity index (χ1n) is 10.8. The van der Waals surface area contributed by atoms with Crippen LogP contribution >= 0.6 is 0 Å². The largest absolute Gasteiger partial charge is 0.507 e. The van der Waals surface area contributed by atoms with E-state index >= 15 is 0 Å². The maximum absolute atomic E-state index is 14.7. The second kappa shape index (κ2) is 9.09. The molecule has 0 spiro atoms. The molecule has 1 aliphatic rings. The summed E-state index contributed by atoms with van der Waals surface area (Å²) in [5.74, 6) is -3.65. The summed E-state index contributed by atoms with van der Waals surface area (Å²) < 4.78 is 34.4. The molecule has 1 atom stereocenters. The molecule has 1 unspecified atom stereocenters. The molecule has 1 fully saturated rings. The van der Waals surface area contributed by atoms with E-state index in [9.17, 15) is 23.5 Å². The molecule has 1 N–H and O–H groups in total. The van der Waals surface area contributed by atoms with Gasteiger partial charge in [-0.15, -0.1) is 0 Å². The first-order chi connectivity index (χ1) is 16.2. The number of carbonyl (C=O) groups is 2. The van der Waals surface area contributed by atoms with Crippen molar-refractivity contribution in [2.45, 2.75) is 32.9 Å². The predicted octanol–water partition coefficient (Wildman–Crippen LogP) is 5.69. The lowest BCUT2D eigenvalue weighted by Crippen LogP contribution is -2.30. The van der Waals surface area contributed by atoms with Crippen LogP contribution in [0.1, 0.15) is 36.6 Å². The van der Waals surface area contributed by atoms with Gasteiger partial charge in [-0.2, -0.15) is 0 Å². The van der Waals surface area contributed by atoms with Crippen LogP contribution in [0.4, 0.5) is 14.5 Å². The maximum atomic E-state index is 14.7. The quantitative estimate of drug-likeness (QED) is 0.300. The molecule has 0 aromatic heterocycles. The highest BCUT2D eigenvalue weighted by molar-refractivity contribution is 6.51. The molecule has 0 bridgehead atoms. The van der Waals surface area contributed by atoms with Crippen LogP contribution in [-0.2, 0) is 9.59 Å². The molecule has 4 rings (SSSR count). The molecular formula is C27H23F2NO4. The zero-order valence-electron chi connectivity index (χ0n) is 18.9. The Balaban J connectivity index is 1.95. The summed E-state index contributed by atoms with van der Waals surface area (Å²) in [6, 6.07) is 14.9. The third kappa shape index (κ3) is 4.29. The topological polar surface area (TPSA) is 66.8 Å². The normalized spacial score (nSPS) is 17.5. The lowest BCUT2D eigenvalue weighted by atomic mass is 9.94. The van der Waals surface area contributed by atoms with E-state index < -0.39 is 35.1 Å². The fraction of sp³-hybridized carbons (Fsp3) is 0.185. The van der Waals surface area contributed by atoms with Crippen LogP contribution in [0.15, 0.2) is 72.3 Å². The molecule has 3 aromatic carbocycles. The van der Waals surface area contributed by atoms with Gasteiger partial charge < -0.3 is 9.84 Å². The van der Waals surface area contributed by atoms with Crippen LogP contribution in [0, 0.1) is 18.6 Å². The van der Waals surface area contributed by atoms with Crippen LogP contribution < -0.4 is 9.64 Å². The van der Waals surface area contributed by atoms with E-state index in [4.69, 9.17) is 4.74 Å². The highest BCUT2D eigenvalue weighted by atomic mass is 19.1. The number of halogens is 2. The van der Waals surface area contributed by atoms with E-state index in [-0.39, 0.29) is 22.9 Å². The van der Waals surface area contributed by atoms with Crippen molar-refractivity contribution in [1.82, 2.24) is 0 Å². The van der Waals surface area contributed by atoms with Gasteiger partial charge in [0.2, 0.25) is 0 Å². The number of Topliss-reactive ketones (excluding diaryl/α,β-unsaturated/α-hetero) is 1. The van der Waals surface area contributed by atoms with Gasteiger partial charge in [0.1, 0.15) is 23.1 Å². The van der Waals surface area contributed by atoms with Crippen LogP contribution in [0.3, 0.4) is 0 Å². The van der Waals surface area contributed by atoms with E-state index in [2.05, 4.69) is 0 Å². The Morgan fingerprint density at radius 3 is 2.44 bits per heavy atom. The third-order valence-corrected chi connectivity index (χ3v) is 5.45. The Morgan fingerprint density at radius 2 is 1.74 bits per heavy atom. The van der Waals surface area contributed by atoms with Crippen LogP contribution in [0.2, 0.25) is 0 Å². The fourth-order valence-electron chi connectivity index (χ4n) is 4.05. The Bertz CT molecular complexity index is 1320. The number of aryl methyl sites for hydroxylation is 1. The summed E-state index contributed by atoms with van der Waals surface area (Å²) >= 11 is 0. The Morgan fingerprint density at radius 1 is 1.00 bits per heavy atom. The minimum atomic E-state index is -1.16. The molecule has 3 aromatic rings. The number of nitrogens with zero attached hydrogens (tertiary/aromatic N) is 1. The summed E-state index contributed by atoms with van der Waals surface area (Å²) in [5.41, 5.74) is 0.952.